The van der Waals surface area contributed by atoms with Gasteiger partial charge >= 0.3 is 0 Å². The summed E-state index contributed by atoms with van der Waals surface area (Å²) in [7, 11) is 0. The number of carbonyl (C=O) groups is 1. The average Bonchev–Trinajstić information content (AvgIpc) is 2.75. The normalized spacial score (nSPS) is 18.4. The van der Waals surface area contributed by atoms with Crippen LogP contribution in [0.5, 0.6) is 0 Å². The number of para-hydroxylation sites is 1. The van der Waals surface area contributed by atoms with E-state index in [1.54, 1.807) is 6.20 Å². The van der Waals surface area contributed by atoms with Crippen LogP contribution in [-0.4, -0.2) is 43.1 Å². The number of hydrogen-bond acceptors (Lipinski definition) is 4. The van der Waals surface area contributed by atoms with E-state index in [2.05, 4.69) is 50.4 Å². The van der Waals surface area contributed by atoms with E-state index >= 15 is 0 Å². The molecule has 1 aliphatic heterocycles. The Bertz CT molecular complexity index is 733. The molecule has 5 nitrogen and oxygen atoms in total. The maximum Gasteiger partial charge on any atom is 0.253 e. The van der Waals surface area contributed by atoms with Gasteiger partial charge < -0.3 is 15.1 Å². The van der Waals surface area contributed by atoms with Crippen molar-refractivity contribution in [3.05, 3.63) is 54.2 Å². The standard InChI is InChI=1S/C22H28N4O/c27-22(24-19-7-3-1-4-8-19)18-11-12-21(23-17-18)26-15-13-25(14-16-26)20-9-5-2-6-10-20/h2,5-6,9-12,17,19H,1,3-4,7-8,13-16H2,(H,24,27). The maximum atomic E-state index is 12.4. The van der Waals surface area contributed by atoms with Crippen LogP contribution in [0.15, 0.2) is 48.7 Å². The molecule has 4 rings (SSSR count). The molecule has 0 spiro atoms. The van der Waals surface area contributed by atoms with E-state index in [9.17, 15) is 4.79 Å². The Morgan fingerprint density at radius 3 is 2.26 bits per heavy atom. The summed E-state index contributed by atoms with van der Waals surface area (Å²) >= 11 is 0. The monoisotopic (exact) mass is 364 g/mol. The van der Waals surface area contributed by atoms with E-state index in [4.69, 9.17) is 0 Å². The molecule has 1 N–H and O–H groups in total. The van der Waals surface area contributed by atoms with Crippen LogP contribution in [0.2, 0.25) is 0 Å². The van der Waals surface area contributed by atoms with Crippen LogP contribution in [0.1, 0.15) is 42.5 Å². The first-order valence-electron chi connectivity index (χ1n) is 10.1. The molecule has 0 radical (unpaired) electrons. The van der Waals surface area contributed by atoms with Crippen molar-refractivity contribution in [2.45, 2.75) is 38.1 Å². The molecule has 0 bridgehead atoms. The van der Waals surface area contributed by atoms with Crippen LogP contribution in [0, 0.1) is 0 Å². The van der Waals surface area contributed by atoms with E-state index in [-0.39, 0.29) is 5.91 Å². The molecule has 27 heavy (non-hydrogen) atoms. The third-order valence-electron chi connectivity index (χ3n) is 5.68. The Morgan fingerprint density at radius 1 is 0.889 bits per heavy atom. The van der Waals surface area contributed by atoms with Crippen molar-refractivity contribution in [1.82, 2.24) is 10.3 Å². The minimum absolute atomic E-state index is 0.00912. The Morgan fingerprint density at radius 2 is 1.59 bits per heavy atom. The topological polar surface area (TPSA) is 48.5 Å². The first kappa shape index (κ1) is 17.8. The summed E-state index contributed by atoms with van der Waals surface area (Å²) in [5.41, 5.74) is 1.94. The Kier molecular flexibility index (Phi) is 5.56. The quantitative estimate of drug-likeness (QED) is 0.902. The highest BCUT2D eigenvalue weighted by atomic mass is 16.1. The van der Waals surface area contributed by atoms with Crippen molar-refractivity contribution in [3.8, 4) is 0 Å². The molecule has 2 heterocycles. The summed E-state index contributed by atoms with van der Waals surface area (Å²) in [6, 6.07) is 14.8. The van der Waals surface area contributed by atoms with Gasteiger partial charge in [0.1, 0.15) is 5.82 Å². The van der Waals surface area contributed by atoms with Crippen molar-refractivity contribution in [3.63, 3.8) is 0 Å². The van der Waals surface area contributed by atoms with Gasteiger partial charge in [0, 0.05) is 44.1 Å². The Labute approximate surface area is 161 Å². The van der Waals surface area contributed by atoms with Gasteiger partial charge in [-0.1, -0.05) is 37.5 Å². The molecule has 0 atom stereocenters. The number of hydrogen-bond donors (Lipinski definition) is 1. The number of nitrogens with zero attached hydrogens (tertiary/aromatic N) is 3. The third kappa shape index (κ3) is 4.41. The highest BCUT2D eigenvalue weighted by Gasteiger charge is 2.20. The highest BCUT2D eigenvalue weighted by molar-refractivity contribution is 5.94. The van der Waals surface area contributed by atoms with Crippen molar-refractivity contribution in [2.75, 3.05) is 36.0 Å². The van der Waals surface area contributed by atoms with Crippen molar-refractivity contribution < 1.29 is 4.79 Å². The number of carbonyl (C=O) groups excluding carboxylic acids is 1. The predicted molar refractivity (Wildman–Crippen MR) is 109 cm³/mol. The molecule has 2 aliphatic rings. The minimum Gasteiger partial charge on any atom is -0.368 e. The van der Waals surface area contributed by atoms with E-state index in [1.165, 1.54) is 24.9 Å². The molecule has 1 amide bonds. The van der Waals surface area contributed by atoms with E-state index in [0.29, 0.717) is 11.6 Å². The second kappa shape index (κ2) is 8.42. The molecule has 1 aliphatic carbocycles. The fourth-order valence-corrected chi connectivity index (χ4v) is 4.06. The van der Waals surface area contributed by atoms with Gasteiger partial charge in [0.15, 0.2) is 0 Å². The first-order chi connectivity index (χ1) is 13.3. The summed E-state index contributed by atoms with van der Waals surface area (Å²) < 4.78 is 0. The van der Waals surface area contributed by atoms with E-state index in [1.807, 2.05) is 12.1 Å². The van der Waals surface area contributed by atoms with Gasteiger partial charge in [-0.15, -0.1) is 0 Å². The zero-order valence-corrected chi connectivity index (χ0v) is 15.8. The number of nitrogens with one attached hydrogen (secondary N) is 1. The van der Waals surface area contributed by atoms with Crippen molar-refractivity contribution >= 4 is 17.4 Å². The van der Waals surface area contributed by atoms with Gasteiger partial charge in [0.25, 0.3) is 5.91 Å². The van der Waals surface area contributed by atoms with Crippen LogP contribution in [-0.2, 0) is 0 Å². The predicted octanol–water partition coefficient (Wildman–Crippen LogP) is 3.47. The van der Waals surface area contributed by atoms with Crippen molar-refractivity contribution in [1.29, 1.82) is 0 Å². The molecule has 1 saturated heterocycles. The summed E-state index contributed by atoms with van der Waals surface area (Å²) in [6.45, 7) is 3.84. The third-order valence-corrected chi connectivity index (χ3v) is 5.68. The van der Waals surface area contributed by atoms with E-state index in [0.717, 1.165) is 44.8 Å². The summed E-state index contributed by atoms with van der Waals surface area (Å²) in [6.07, 6.45) is 7.65. The van der Waals surface area contributed by atoms with E-state index < -0.39 is 0 Å². The van der Waals surface area contributed by atoms with Crippen LogP contribution in [0.4, 0.5) is 11.5 Å². The lowest BCUT2D eigenvalue weighted by atomic mass is 9.95. The number of aromatic nitrogens is 1. The molecule has 0 unspecified atom stereocenters. The Balaban J connectivity index is 1.32. The highest BCUT2D eigenvalue weighted by Crippen LogP contribution is 2.20. The molecular weight excluding hydrogens is 336 g/mol. The number of benzene rings is 1. The number of anilines is 2. The summed E-state index contributed by atoms with van der Waals surface area (Å²) in [5, 5.41) is 3.16. The second-order valence-corrected chi connectivity index (χ2v) is 7.52. The number of piperazine rings is 1. The van der Waals surface area contributed by atoms with Gasteiger partial charge in [-0.2, -0.15) is 0 Å². The Hall–Kier alpha value is -2.56. The molecule has 2 aromatic rings. The zero-order valence-electron chi connectivity index (χ0n) is 15.8. The molecule has 1 saturated carbocycles. The molecule has 5 heteroatoms. The smallest absolute Gasteiger partial charge is 0.253 e. The number of pyridine rings is 1. The first-order valence-corrected chi connectivity index (χ1v) is 10.1. The molecule has 2 fully saturated rings. The van der Waals surface area contributed by atoms with Gasteiger partial charge in [0.2, 0.25) is 0 Å². The second-order valence-electron chi connectivity index (χ2n) is 7.52. The summed E-state index contributed by atoms with van der Waals surface area (Å²) in [4.78, 5) is 21.7. The number of rotatable bonds is 4. The fourth-order valence-electron chi connectivity index (χ4n) is 4.06. The lowest BCUT2D eigenvalue weighted by Crippen LogP contribution is -2.46. The maximum absolute atomic E-state index is 12.4. The average molecular weight is 364 g/mol. The van der Waals surface area contributed by atoms with Gasteiger partial charge in [-0.05, 0) is 37.1 Å². The van der Waals surface area contributed by atoms with Crippen LogP contribution in [0.25, 0.3) is 0 Å². The van der Waals surface area contributed by atoms with Crippen molar-refractivity contribution in [2.24, 2.45) is 0 Å². The lowest BCUT2D eigenvalue weighted by molar-refractivity contribution is 0.0927. The largest absolute Gasteiger partial charge is 0.368 e. The van der Waals surface area contributed by atoms with Crippen LogP contribution >= 0.6 is 0 Å². The summed E-state index contributed by atoms with van der Waals surface area (Å²) in [5.74, 6) is 0.965. The van der Waals surface area contributed by atoms with Crippen LogP contribution in [0.3, 0.4) is 0 Å². The molecule has 142 valence electrons. The molecule has 1 aromatic carbocycles. The zero-order chi connectivity index (χ0) is 18.5. The molecular formula is C22H28N4O. The van der Waals surface area contributed by atoms with Crippen LogP contribution < -0.4 is 15.1 Å². The minimum atomic E-state index is 0.00912. The lowest BCUT2D eigenvalue weighted by Gasteiger charge is -2.36. The molecule has 1 aromatic heterocycles. The fraction of sp³-hybridized carbons (Fsp3) is 0.455. The SMILES string of the molecule is O=C(NC1CCCCC1)c1ccc(N2CCN(c3ccccc3)CC2)nc1. The van der Waals surface area contributed by atoms with Gasteiger partial charge in [-0.3, -0.25) is 4.79 Å². The number of amides is 1. The van der Waals surface area contributed by atoms with Gasteiger partial charge in [-0.25, -0.2) is 4.98 Å². The van der Waals surface area contributed by atoms with Gasteiger partial charge in [0.05, 0.1) is 5.56 Å².